The van der Waals surface area contributed by atoms with Gasteiger partial charge < -0.3 is 19.1 Å². The molecule has 1 fully saturated rings. The van der Waals surface area contributed by atoms with Crippen LogP contribution in [0.4, 0.5) is 4.79 Å². The maximum Gasteiger partial charge on any atom is 0.409 e. The first kappa shape index (κ1) is 22.5. The van der Waals surface area contributed by atoms with Crippen molar-refractivity contribution in [3.63, 3.8) is 0 Å². The summed E-state index contributed by atoms with van der Waals surface area (Å²) < 4.78 is 16.3. The Balaban J connectivity index is 2.08. The molecule has 0 radical (unpaired) electrons. The van der Waals surface area contributed by atoms with Gasteiger partial charge in [0.15, 0.2) is 0 Å². The summed E-state index contributed by atoms with van der Waals surface area (Å²) in [6, 6.07) is 7.43. The fraction of sp³-hybridized carbons (Fsp3) is 0.619. The van der Waals surface area contributed by atoms with Crippen LogP contribution in [-0.4, -0.2) is 49.9 Å². The number of hydrogen-bond donors (Lipinski definition) is 0. The van der Waals surface area contributed by atoms with E-state index in [0.717, 1.165) is 31.2 Å². The zero-order valence-corrected chi connectivity index (χ0v) is 17.5. The summed E-state index contributed by atoms with van der Waals surface area (Å²) in [6.45, 7) is 5.62. The summed E-state index contributed by atoms with van der Waals surface area (Å²) >= 11 is 6.16. The molecule has 0 aromatic heterocycles. The van der Waals surface area contributed by atoms with Crippen molar-refractivity contribution in [3.05, 3.63) is 34.9 Å². The number of halogens is 1. The molecule has 2 atom stereocenters. The van der Waals surface area contributed by atoms with Crippen molar-refractivity contribution in [1.82, 2.24) is 4.90 Å². The number of unbranched alkanes of at least 4 members (excludes halogenated alkanes) is 1. The highest BCUT2D eigenvalue weighted by Gasteiger charge is 2.32. The van der Waals surface area contributed by atoms with Crippen molar-refractivity contribution in [2.24, 2.45) is 5.92 Å². The Kier molecular flexibility index (Phi) is 9.58. The molecule has 1 aromatic rings. The summed E-state index contributed by atoms with van der Waals surface area (Å²) in [5.41, 5.74) is 0.892. The van der Waals surface area contributed by atoms with E-state index in [2.05, 4.69) is 6.92 Å². The molecule has 6 nitrogen and oxygen atoms in total. The van der Waals surface area contributed by atoms with Gasteiger partial charge in [0.2, 0.25) is 0 Å². The summed E-state index contributed by atoms with van der Waals surface area (Å²) in [7, 11) is 0. The lowest BCUT2D eigenvalue weighted by molar-refractivity contribution is -0.152. The van der Waals surface area contributed by atoms with Crippen LogP contribution in [0.15, 0.2) is 24.3 Å². The van der Waals surface area contributed by atoms with Gasteiger partial charge in [-0.25, -0.2) is 9.59 Å². The lowest BCUT2D eigenvalue weighted by Gasteiger charge is -2.36. The second-order valence-corrected chi connectivity index (χ2v) is 7.34. The zero-order chi connectivity index (χ0) is 20.4. The molecule has 1 unspecified atom stereocenters. The lowest BCUT2D eigenvalue weighted by atomic mass is 9.88. The second kappa shape index (κ2) is 11.9. The number of esters is 1. The van der Waals surface area contributed by atoms with E-state index in [0.29, 0.717) is 31.3 Å². The van der Waals surface area contributed by atoms with Crippen molar-refractivity contribution >= 4 is 23.7 Å². The Morgan fingerprint density at radius 2 is 2.11 bits per heavy atom. The normalized spacial score (nSPS) is 17.8. The van der Waals surface area contributed by atoms with Gasteiger partial charge in [0.1, 0.15) is 6.61 Å². The van der Waals surface area contributed by atoms with Crippen LogP contribution in [0.1, 0.15) is 51.2 Å². The molecule has 0 bridgehead atoms. The Hall–Kier alpha value is -1.79. The van der Waals surface area contributed by atoms with Gasteiger partial charge in [-0.15, -0.1) is 0 Å². The summed E-state index contributed by atoms with van der Waals surface area (Å²) in [6.07, 6.45) is 2.94. The van der Waals surface area contributed by atoms with Crippen LogP contribution < -0.4 is 0 Å². The SMILES string of the molecule is CCCCOC(=O)N1CCCC([C@@H](OCC(=O)OCC)c2cccc(Cl)c2)C1. The van der Waals surface area contributed by atoms with Crippen molar-refractivity contribution < 1.29 is 23.8 Å². The minimum atomic E-state index is -0.402. The number of amides is 1. The third-order valence-electron chi connectivity index (χ3n) is 4.73. The molecule has 0 N–H and O–H groups in total. The molecule has 1 heterocycles. The van der Waals surface area contributed by atoms with Crippen molar-refractivity contribution in [3.8, 4) is 0 Å². The topological polar surface area (TPSA) is 65.1 Å². The van der Waals surface area contributed by atoms with Crippen LogP contribution in [0.2, 0.25) is 5.02 Å². The van der Waals surface area contributed by atoms with Crippen LogP contribution in [0.5, 0.6) is 0 Å². The number of nitrogens with zero attached hydrogens (tertiary/aromatic N) is 1. The first-order chi connectivity index (χ1) is 13.5. The van der Waals surface area contributed by atoms with Crippen LogP contribution in [-0.2, 0) is 19.0 Å². The zero-order valence-electron chi connectivity index (χ0n) is 16.7. The van der Waals surface area contributed by atoms with Gasteiger partial charge in [0.05, 0.1) is 19.3 Å². The number of ether oxygens (including phenoxy) is 3. The van der Waals surface area contributed by atoms with Crippen molar-refractivity contribution in [1.29, 1.82) is 0 Å². The standard InChI is InChI=1S/C21H30ClNO5/c1-3-5-12-27-21(25)23-11-7-9-17(14-23)20(28-15-19(24)26-4-2)16-8-6-10-18(22)13-16/h6,8,10,13,17,20H,3-5,7,9,11-12,14-15H2,1-2H3/t17?,20-/m0/s1. The minimum Gasteiger partial charge on any atom is -0.464 e. The van der Waals surface area contributed by atoms with E-state index in [4.69, 9.17) is 25.8 Å². The van der Waals surface area contributed by atoms with Crippen LogP contribution in [0, 0.1) is 5.92 Å². The van der Waals surface area contributed by atoms with E-state index in [9.17, 15) is 9.59 Å². The predicted octanol–water partition coefficient (Wildman–Crippen LogP) is 4.61. The van der Waals surface area contributed by atoms with E-state index < -0.39 is 5.97 Å². The molecule has 2 rings (SSSR count). The van der Waals surface area contributed by atoms with E-state index in [1.54, 1.807) is 17.9 Å². The number of carbonyl (C=O) groups is 2. The van der Waals surface area contributed by atoms with Crippen LogP contribution in [0.25, 0.3) is 0 Å². The molecule has 0 saturated carbocycles. The number of piperidine rings is 1. The molecule has 1 aromatic carbocycles. The van der Waals surface area contributed by atoms with Crippen molar-refractivity contribution in [2.45, 2.75) is 45.6 Å². The molecule has 1 saturated heterocycles. The fourth-order valence-electron chi connectivity index (χ4n) is 3.37. The molecular weight excluding hydrogens is 382 g/mol. The average molecular weight is 412 g/mol. The van der Waals surface area contributed by atoms with Gasteiger partial charge in [-0.1, -0.05) is 37.1 Å². The van der Waals surface area contributed by atoms with Crippen LogP contribution >= 0.6 is 11.6 Å². The molecule has 28 heavy (non-hydrogen) atoms. The molecule has 156 valence electrons. The molecule has 1 amide bonds. The Morgan fingerprint density at radius 3 is 2.82 bits per heavy atom. The number of hydrogen-bond acceptors (Lipinski definition) is 5. The number of carbonyl (C=O) groups excluding carboxylic acids is 2. The van der Waals surface area contributed by atoms with Crippen molar-refractivity contribution in [2.75, 3.05) is 32.9 Å². The van der Waals surface area contributed by atoms with Gasteiger partial charge in [-0.3, -0.25) is 0 Å². The highest BCUT2D eigenvalue weighted by molar-refractivity contribution is 6.30. The second-order valence-electron chi connectivity index (χ2n) is 6.91. The third kappa shape index (κ3) is 6.99. The maximum atomic E-state index is 12.4. The third-order valence-corrected chi connectivity index (χ3v) is 4.97. The fourth-order valence-corrected chi connectivity index (χ4v) is 3.57. The van der Waals surface area contributed by atoms with E-state index in [1.165, 1.54) is 0 Å². The van der Waals surface area contributed by atoms with Gasteiger partial charge in [-0.2, -0.15) is 0 Å². The van der Waals surface area contributed by atoms with Gasteiger partial charge in [0, 0.05) is 24.0 Å². The molecule has 7 heteroatoms. The summed E-state index contributed by atoms with van der Waals surface area (Å²) in [5, 5.41) is 0.605. The predicted molar refractivity (Wildman–Crippen MR) is 107 cm³/mol. The van der Waals surface area contributed by atoms with E-state index in [-0.39, 0.29) is 24.7 Å². The highest BCUT2D eigenvalue weighted by atomic mass is 35.5. The quantitative estimate of drug-likeness (QED) is 0.438. The van der Waals surface area contributed by atoms with Crippen LogP contribution in [0.3, 0.4) is 0 Å². The first-order valence-corrected chi connectivity index (χ1v) is 10.4. The van der Waals surface area contributed by atoms with Gasteiger partial charge >= 0.3 is 12.1 Å². The molecule has 1 aliphatic heterocycles. The van der Waals surface area contributed by atoms with E-state index in [1.807, 2.05) is 18.2 Å². The van der Waals surface area contributed by atoms with Gasteiger partial charge in [0.25, 0.3) is 0 Å². The summed E-state index contributed by atoms with van der Waals surface area (Å²) in [4.78, 5) is 25.9. The Bertz CT molecular complexity index is 639. The average Bonchev–Trinajstić information content (AvgIpc) is 2.69. The number of benzene rings is 1. The molecule has 0 aliphatic carbocycles. The number of rotatable bonds is 9. The molecule has 1 aliphatic rings. The molecular formula is C21H30ClNO5. The summed E-state index contributed by atoms with van der Waals surface area (Å²) in [5.74, 6) is -0.360. The van der Waals surface area contributed by atoms with Gasteiger partial charge in [-0.05, 0) is 43.9 Å². The Labute approximate surface area is 172 Å². The number of likely N-dealkylation sites (tertiary alicyclic amines) is 1. The largest absolute Gasteiger partial charge is 0.464 e. The minimum absolute atomic E-state index is 0.0420. The molecule has 0 spiro atoms. The monoisotopic (exact) mass is 411 g/mol. The Morgan fingerprint density at radius 1 is 1.29 bits per heavy atom. The maximum absolute atomic E-state index is 12.4. The highest BCUT2D eigenvalue weighted by Crippen LogP contribution is 2.34. The first-order valence-electron chi connectivity index (χ1n) is 9.99. The van der Waals surface area contributed by atoms with E-state index >= 15 is 0 Å². The lowest BCUT2D eigenvalue weighted by Crippen LogP contribution is -2.42. The smallest absolute Gasteiger partial charge is 0.409 e.